The maximum absolute atomic E-state index is 12.8. The van der Waals surface area contributed by atoms with Gasteiger partial charge >= 0.3 is 0 Å². The average Bonchev–Trinajstić information content (AvgIpc) is 3.25. The predicted octanol–water partition coefficient (Wildman–Crippen LogP) is 2.04. The van der Waals surface area contributed by atoms with Crippen molar-refractivity contribution in [2.24, 2.45) is 0 Å². The number of anilines is 1. The minimum atomic E-state index is -3.31. The highest BCUT2D eigenvalue weighted by Crippen LogP contribution is 2.19. The highest BCUT2D eigenvalue weighted by Gasteiger charge is 2.23. The second kappa shape index (κ2) is 9.30. The van der Waals surface area contributed by atoms with Gasteiger partial charge in [0.25, 0.3) is 0 Å². The summed E-state index contributed by atoms with van der Waals surface area (Å²) in [6, 6.07) is 8.56. The zero-order chi connectivity index (χ0) is 23.6. The Labute approximate surface area is 194 Å². The third-order valence-corrected chi connectivity index (χ3v) is 8.07. The Hall–Kier alpha value is -3.27. The fourth-order valence-corrected chi connectivity index (χ4v) is 4.86. The molecule has 0 bridgehead atoms. The van der Waals surface area contributed by atoms with Crippen LogP contribution in [0, 0.1) is 6.92 Å². The van der Waals surface area contributed by atoms with Gasteiger partial charge in [0, 0.05) is 44.6 Å². The summed E-state index contributed by atoms with van der Waals surface area (Å²) in [5, 5.41) is -0.476. The van der Waals surface area contributed by atoms with Gasteiger partial charge in [-0.2, -0.15) is 0 Å². The number of piperazine rings is 1. The molecular weight excluding hydrogens is 440 g/mol. The number of rotatable bonds is 6. The van der Waals surface area contributed by atoms with Crippen LogP contribution in [-0.4, -0.2) is 70.2 Å². The van der Waals surface area contributed by atoms with E-state index in [0.717, 1.165) is 23.0 Å². The van der Waals surface area contributed by atoms with Gasteiger partial charge in [0.2, 0.25) is 5.91 Å². The van der Waals surface area contributed by atoms with Gasteiger partial charge in [0.05, 0.1) is 16.6 Å². The van der Waals surface area contributed by atoms with Gasteiger partial charge < -0.3 is 9.80 Å². The molecule has 1 aromatic carbocycles. The predicted molar refractivity (Wildman–Crippen MR) is 125 cm³/mol. The largest absolute Gasteiger partial charge is 0.353 e. The molecule has 1 fully saturated rings. The Kier molecular flexibility index (Phi) is 6.46. The summed E-state index contributed by atoms with van der Waals surface area (Å²) in [5.74, 6) is 2.47. The Morgan fingerprint density at radius 2 is 1.67 bits per heavy atom. The second-order valence-corrected chi connectivity index (χ2v) is 10.9. The number of hydrogen-bond acceptors (Lipinski definition) is 7. The van der Waals surface area contributed by atoms with Crippen LogP contribution in [0.1, 0.15) is 25.2 Å². The molecule has 9 nitrogen and oxygen atoms in total. The van der Waals surface area contributed by atoms with Crippen LogP contribution in [0.4, 0.5) is 5.82 Å². The molecule has 33 heavy (non-hydrogen) atoms. The first-order chi connectivity index (χ1) is 15.8. The van der Waals surface area contributed by atoms with Crippen LogP contribution in [0.3, 0.4) is 0 Å². The fraction of sp³-hybridized carbons (Fsp3) is 0.391. The van der Waals surface area contributed by atoms with Crippen molar-refractivity contribution in [3.63, 3.8) is 0 Å². The number of aryl methyl sites for hydroxylation is 1. The van der Waals surface area contributed by atoms with E-state index in [1.54, 1.807) is 50.6 Å². The molecule has 174 valence electrons. The zero-order valence-electron chi connectivity index (χ0n) is 19.0. The zero-order valence-corrected chi connectivity index (χ0v) is 19.9. The van der Waals surface area contributed by atoms with Crippen molar-refractivity contribution in [1.29, 1.82) is 0 Å². The molecule has 10 heteroatoms. The monoisotopic (exact) mass is 468 g/mol. The molecule has 1 saturated heterocycles. The van der Waals surface area contributed by atoms with Crippen LogP contribution in [0.15, 0.2) is 53.9 Å². The molecule has 3 aromatic rings. The maximum Gasteiger partial charge on any atom is 0.227 e. The maximum atomic E-state index is 12.8. The molecule has 1 aliphatic heterocycles. The van der Waals surface area contributed by atoms with Crippen molar-refractivity contribution < 1.29 is 13.2 Å². The van der Waals surface area contributed by atoms with Gasteiger partial charge in [-0.3, -0.25) is 9.36 Å². The Morgan fingerprint density at radius 3 is 2.27 bits per heavy atom. The van der Waals surface area contributed by atoms with E-state index in [2.05, 4.69) is 19.9 Å². The topological polar surface area (TPSA) is 101 Å². The first-order valence-electron chi connectivity index (χ1n) is 10.9. The molecule has 0 unspecified atom stereocenters. The van der Waals surface area contributed by atoms with E-state index in [4.69, 9.17) is 0 Å². The van der Waals surface area contributed by atoms with Crippen LogP contribution in [-0.2, 0) is 21.1 Å². The minimum Gasteiger partial charge on any atom is -0.353 e. The first kappa shape index (κ1) is 22.9. The Balaban J connectivity index is 1.36. The molecule has 2 aromatic heterocycles. The summed E-state index contributed by atoms with van der Waals surface area (Å²) >= 11 is 0. The number of sulfone groups is 1. The van der Waals surface area contributed by atoms with Crippen molar-refractivity contribution in [3.8, 4) is 5.82 Å². The van der Waals surface area contributed by atoms with Crippen LogP contribution in [0.5, 0.6) is 0 Å². The van der Waals surface area contributed by atoms with Gasteiger partial charge in [-0.1, -0.05) is 12.1 Å². The molecule has 0 spiro atoms. The van der Waals surface area contributed by atoms with Crippen molar-refractivity contribution >= 4 is 21.6 Å². The molecule has 1 amide bonds. The van der Waals surface area contributed by atoms with Crippen LogP contribution in [0.25, 0.3) is 5.82 Å². The van der Waals surface area contributed by atoms with Crippen LogP contribution in [0.2, 0.25) is 0 Å². The summed E-state index contributed by atoms with van der Waals surface area (Å²) in [7, 11) is -3.31. The molecule has 3 heterocycles. The average molecular weight is 469 g/mol. The van der Waals surface area contributed by atoms with Crippen molar-refractivity contribution in [2.75, 3.05) is 31.1 Å². The lowest BCUT2D eigenvalue weighted by Crippen LogP contribution is -2.49. The van der Waals surface area contributed by atoms with Gasteiger partial charge in [0.15, 0.2) is 9.84 Å². The lowest BCUT2D eigenvalue weighted by molar-refractivity contribution is -0.130. The minimum absolute atomic E-state index is 0.0338. The lowest BCUT2D eigenvalue weighted by atomic mass is 10.1. The highest BCUT2D eigenvalue weighted by molar-refractivity contribution is 7.92. The molecule has 0 saturated carbocycles. The van der Waals surface area contributed by atoms with E-state index < -0.39 is 15.1 Å². The fourth-order valence-electron chi connectivity index (χ4n) is 3.80. The summed E-state index contributed by atoms with van der Waals surface area (Å²) in [6.07, 6.45) is 5.39. The van der Waals surface area contributed by atoms with Gasteiger partial charge in [0.1, 0.15) is 23.8 Å². The van der Waals surface area contributed by atoms with Crippen molar-refractivity contribution in [3.05, 3.63) is 60.4 Å². The third kappa shape index (κ3) is 4.90. The summed E-state index contributed by atoms with van der Waals surface area (Å²) in [4.78, 5) is 30.1. The van der Waals surface area contributed by atoms with E-state index in [1.165, 1.54) is 0 Å². The number of nitrogens with zero attached hydrogens (tertiary/aromatic N) is 6. The summed E-state index contributed by atoms with van der Waals surface area (Å²) < 4.78 is 26.4. The van der Waals surface area contributed by atoms with E-state index in [-0.39, 0.29) is 17.2 Å². The molecular formula is C23H28N6O3S. The molecule has 1 aliphatic rings. The number of amides is 1. The van der Waals surface area contributed by atoms with Gasteiger partial charge in [-0.25, -0.2) is 23.4 Å². The summed E-state index contributed by atoms with van der Waals surface area (Å²) in [5.41, 5.74) is 0.807. The second-order valence-electron chi connectivity index (χ2n) is 8.36. The molecule has 4 rings (SSSR count). The lowest BCUT2D eigenvalue weighted by Gasteiger charge is -2.35. The Morgan fingerprint density at radius 1 is 1.00 bits per heavy atom. The normalized spacial score (nSPS) is 14.7. The highest BCUT2D eigenvalue weighted by atomic mass is 32.2. The Bertz CT molecular complexity index is 1230. The van der Waals surface area contributed by atoms with Gasteiger partial charge in [-0.05, 0) is 38.5 Å². The third-order valence-electron chi connectivity index (χ3n) is 5.89. The smallest absolute Gasteiger partial charge is 0.227 e. The molecule has 0 aliphatic carbocycles. The van der Waals surface area contributed by atoms with E-state index >= 15 is 0 Å². The molecule has 0 radical (unpaired) electrons. The number of imidazole rings is 1. The van der Waals surface area contributed by atoms with E-state index in [0.29, 0.717) is 26.2 Å². The standard InChI is InChI=1S/C23H28N6O3S/c1-17(2)33(31,32)20-6-4-19(5-7-20)14-23(30)28-12-10-27(11-13-28)21-15-22(26-16-25-21)29-9-8-24-18(29)3/h4-9,15-17H,10-14H2,1-3H3. The van der Waals surface area contributed by atoms with Crippen molar-refractivity contribution in [1.82, 2.24) is 24.4 Å². The quantitative estimate of drug-likeness (QED) is 0.546. The SMILES string of the molecule is Cc1nccn1-c1cc(N2CCN(C(=O)Cc3ccc(S(=O)(=O)C(C)C)cc3)CC2)ncn1. The molecule has 0 N–H and O–H groups in total. The molecule has 0 atom stereocenters. The number of aromatic nitrogens is 4. The summed E-state index contributed by atoms with van der Waals surface area (Å²) in [6.45, 7) is 7.79. The van der Waals surface area contributed by atoms with E-state index in [1.807, 2.05) is 28.7 Å². The number of carbonyl (C=O) groups is 1. The first-order valence-corrected chi connectivity index (χ1v) is 12.5. The van der Waals surface area contributed by atoms with Gasteiger partial charge in [-0.15, -0.1) is 0 Å². The van der Waals surface area contributed by atoms with Crippen LogP contribution >= 0.6 is 0 Å². The number of hydrogen-bond donors (Lipinski definition) is 0. The van der Waals surface area contributed by atoms with E-state index in [9.17, 15) is 13.2 Å². The van der Waals surface area contributed by atoms with Crippen molar-refractivity contribution in [2.45, 2.75) is 37.3 Å². The number of benzene rings is 1. The number of carbonyl (C=O) groups excluding carboxylic acids is 1. The van der Waals surface area contributed by atoms with Crippen LogP contribution < -0.4 is 4.90 Å².